The minimum atomic E-state index is -0.557. The second kappa shape index (κ2) is 7.49. The van der Waals surface area contributed by atoms with Crippen molar-refractivity contribution in [1.82, 2.24) is 4.90 Å². The van der Waals surface area contributed by atoms with Gasteiger partial charge in [0.1, 0.15) is 5.60 Å². The van der Waals surface area contributed by atoms with Gasteiger partial charge in [0.05, 0.1) is 14.2 Å². The second-order valence-corrected chi connectivity index (χ2v) is 8.47. The zero-order valence-corrected chi connectivity index (χ0v) is 17.3. The minimum absolute atomic E-state index is 0.140. The number of methoxy groups -OCH3 is 2. The van der Waals surface area contributed by atoms with Gasteiger partial charge in [-0.25, -0.2) is 4.79 Å². The van der Waals surface area contributed by atoms with E-state index in [4.69, 9.17) is 14.2 Å². The average molecular weight is 387 g/mol. The molecular weight excluding hydrogens is 358 g/mol. The van der Waals surface area contributed by atoms with Gasteiger partial charge < -0.3 is 19.1 Å². The number of amides is 1. The summed E-state index contributed by atoms with van der Waals surface area (Å²) in [6, 6.07) is 3.93. The molecule has 28 heavy (non-hydrogen) atoms. The predicted octanol–water partition coefficient (Wildman–Crippen LogP) is 4.00. The number of benzene rings is 1. The molecule has 1 aromatic carbocycles. The molecule has 0 N–H and O–H groups in total. The Balaban J connectivity index is 2.06. The summed E-state index contributed by atoms with van der Waals surface area (Å²) in [5.74, 6) is 1.41. The molecule has 0 bridgehead atoms. The first kappa shape index (κ1) is 20.2. The number of nitrogens with zero attached hydrogens (tertiary/aromatic N) is 1. The van der Waals surface area contributed by atoms with Gasteiger partial charge in [0.25, 0.3) is 0 Å². The van der Waals surface area contributed by atoms with Crippen LogP contribution >= 0.6 is 0 Å². The Kier molecular flexibility index (Phi) is 5.41. The maximum Gasteiger partial charge on any atom is 0.410 e. The fourth-order valence-electron chi connectivity index (χ4n) is 3.95. The molecule has 1 heterocycles. The van der Waals surface area contributed by atoms with Gasteiger partial charge >= 0.3 is 6.09 Å². The van der Waals surface area contributed by atoms with Crippen LogP contribution in [0.3, 0.4) is 0 Å². The van der Waals surface area contributed by atoms with E-state index in [0.717, 1.165) is 17.5 Å². The monoisotopic (exact) mass is 387 g/mol. The van der Waals surface area contributed by atoms with E-state index in [2.05, 4.69) is 0 Å². The van der Waals surface area contributed by atoms with Crippen molar-refractivity contribution in [1.29, 1.82) is 0 Å². The highest BCUT2D eigenvalue weighted by atomic mass is 16.6. The van der Waals surface area contributed by atoms with Crippen molar-refractivity contribution in [3.05, 3.63) is 35.4 Å². The number of ketones is 1. The van der Waals surface area contributed by atoms with Crippen LogP contribution in [0, 0.1) is 0 Å². The van der Waals surface area contributed by atoms with E-state index in [1.54, 1.807) is 25.2 Å². The van der Waals surface area contributed by atoms with Gasteiger partial charge in [0.15, 0.2) is 17.3 Å². The highest BCUT2D eigenvalue weighted by molar-refractivity contribution is 5.91. The van der Waals surface area contributed by atoms with Crippen molar-refractivity contribution in [2.45, 2.75) is 57.6 Å². The molecule has 1 amide bonds. The molecule has 0 saturated heterocycles. The molecule has 3 rings (SSSR count). The molecule has 1 atom stereocenters. The topological polar surface area (TPSA) is 65.1 Å². The molecule has 6 heteroatoms. The molecule has 0 unspecified atom stereocenters. The molecule has 1 spiro atoms. The van der Waals surface area contributed by atoms with Crippen LogP contribution in [0.5, 0.6) is 11.5 Å². The summed E-state index contributed by atoms with van der Waals surface area (Å²) >= 11 is 0. The van der Waals surface area contributed by atoms with Gasteiger partial charge in [0.2, 0.25) is 0 Å². The van der Waals surface area contributed by atoms with Crippen molar-refractivity contribution < 1.29 is 23.8 Å². The van der Waals surface area contributed by atoms with Gasteiger partial charge in [0, 0.05) is 24.9 Å². The zero-order valence-electron chi connectivity index (χ0n) is 17.3. The molecule has 1 aliphatic heterocycles. The quantitative estimate of drug-likeness (QED) is 0.767. The van der Waals surface area contributed by atoms with Crippen molar-refractivity contribution in [3.8, 4) is 11.5 Å². The lowest BCUT2D eigenvalue weighted by Gasteiger charge is -2.34. The van der Waals surface area contributed by atoms with E-state index >= 15 is 0 Å². The minimum Gasteiger partial charge on any atom is -0.493 e. The fraction of sp³-hybridized carbons (Fsp3) is 0.545. The molecule has 2 aliphatic rings. The zero-order chi connectivity index (χ0) is 20.5. The third-order valence-electron chi connectivity index (χ3n) is 5.39. The second-order valence-electron chi connectivity index (χ2n) is 8.47. The number of carbonyl (C=O) groups excluding carboxylic acids is 2. The molecule has 152 valence electrons. The van der Waals surface area contributed by atoms with Gasteiger partial charge in [-0.05, 0) is 62.9 Å². The number of hydrogen-bond acceptors (Lipinski definition) is 5. The first-order valence-electron chi connectivity index (χ1n) is 9.63. The summed E-state index contributed by atoms with van der Waals surface area (Å²) in [5, 5.41) is 0. The molecule has 1 aromatic rings. The lowest BCUT2D eigenvalue weighted by atomic mass is 9.70. The van der Waals surface area contributed by atoms with E-state index in [0.29, 0.717) is 37.4 Å². The van der Waals surface area contributed by atoms with E-state index in [9.17, 15) is 9.59 Å². The summed E-state index contributed by atoms with van der Waals surface area (Å²) < 4.78 is 16.6. The highest BCUT2D eigenvalue weighted by Gasteiger charge is 2.39. The number of allylic oxidation sites excluding steroid dienone is 2. The van der Waals surface area contributed by atoms with Gasteiger partial charge in [-0.1, -0.05) is 6.08 Å². The highest BCUT2D eigenvalue weighted by Crippen LogP contribution is 2.45. The number of ether oxygens (including phenoxy) is 3. The van der Waals surface area contributed by atoms with Crippen LogP contribution in [-0.4, -0.2) is 43.1 Å². The Bertz CT molecular complexity index is 808. The van der Waals surface area contributed by atoms with Crippen LogP contribution in [0.15, 0.2) is 24.3 Å². The molecule has 0 fully saturated rings. The number of carbonyl (C=O) groups is 2. The van der Waals surface area contributed by atoms with Crippen LogP contribution in [-0.2, 0) is 21.5 Å². The lowest BCUT2D eigenvalue weighted by molar-refractivity contribution is -0.115. The standard InChI is InChI=1S/C22H29NO5/c1-21(2,3)28-20(25)23-11-10-22(8-6-16(24)7-9-22)17-13-19(27-5)18(26-4)12-15(17)14-23/h6,8,12-13H,7,9-11,14H2,1-5H3/t22-/m0/s1. The lowest BCUT2D eigenvalue weighted by Crippen LogP contribution is -2.37. The summed E-state index contributed by atoms with van der Waals surface area (Å²) in [7, 11) is 3.21. The first-order chi connectivity index (χ1) is 13.2. The fourth-order valence-corrected chi connectivity index (χ4v) is 3.95. The molecular formula is C22H29NO5. The van der Waals surface area contributed by atoms with Crippen LogP contribution in [0.25, 0.3) is 0 Å². The molecule has 1 aliphatic carbocycles. The van der Waals surface area contributed by atoms with Crippen LogP contribution in [0.1, 0.15) is 51.2 Å². The van der Waals surface area contributed by atoms with E-state index in [1.165, 1.54) is 0 Å². The Hall–Kier alpha value is -2.50. The van der Waals surface area contributed by atoms with Crippen LogP contribution in [0.2, 0.25) is 0 Å². The van der Waals surface area contributed by atoms with Crippen molar-refractivity contribution in [2.24, 2.45) is 0 Å². The van der Waals surface area contributed by atoms with Crippen LogP contribution < -0.4 is 9.47 Å². The SMILES string of the molecule is COc1cc2c(cc1OC)[C@]1(C=CC(=O)CC1)CCN(C(=O)OC(C)(C)C)C2. The Labute approximate surface area is 166 Å². The Morgan fingerprint density at radius 2 is 1.79 bits per heavy atom. The number of fused-ring (bicyclic) bond motifs is 2. The Morgan fingerprint density at radius 1 is 1.11 bits per heavy atom. The largest absolute Gasteiger partial charge is 0.493 e. The van der Waals surface area contributed by atoms with Crippen molar-refractivity contribution >= 4 is 11.9 Å². The van der Waals surface area contributed by atoms with Gasteiger partial charge in [-0.2, -0.15) is 0 Å². The smallest absolute Gasteiger partial charge is 0.410 e. The van der Waals surface area contributed by atoms with Gasteiger partial charge in [-0.3, -0.25) is 4.79 Å². The number of rotatable bonds is 2. The molecule has 6 nitrogen and oxygen atoms in total. The number of hydrogen-bond donors (Lipinski definition) is 0. The predicted molar refractivity (Wildman–Crippen MR) is 106 cm³/mol. The molecule has 0 aromatic heterocycles. The van der Waals surface area contributed by atoms with E-state index < -0.39 is 5.60 Å². The van der Waals surface area contributed by atoms with E-state index in [1.807, 2.05) is 39.0 Å². The molecule has 0 saturated carbocycles. The van der Waals surface area contributed by atoms with Crippen molar-refractivity contribution in [2.75, 3.05) is 20.8 Å². The maximum atomic E-state index is 12.8. The molecule has 0 radical (unpaired) electrons. The average Bonchev–Trinajstić information content (AvgIpc) is 2.79. The normalized spacial score (nSPS) is 21.9. The summed E-state index contributed by atoms with van der Waals surface area (Å²) in [4.78, 5) is 26.3. The van der Waals surface area contributed by atoms with Crippen LogP contribution in [0.4, 0.5) is 4.79 Å². The third kappa shape index (κ3) is 4.01. The van der Waals surface area contributed by atoms with Gasteiger partial charge in [-0.15, -0.1) is 0 Å². The third-order valence-corrected chi connectivity index (χ3v) is 5.39. The van der Waals surface area contributed by atoms with Crippen molar-refractivity contribution in [3.63, 3.8) is 0 Å². The first-order valence-corrected chi connectivity index (χ1v) is 9.63. The summed E-state index contributed by atoms with van der Waals surface area (Å²) in [5.41, 5.74) is 1.21. The van der Waals surface area contributed by atoms with E-state index in [-0.39, 0.29) is 17.3 Å². The Morgan fingerprint density at radius 3 is 2.36 bits per heavy atom. The summed E-state index contributed by atoms with van der Waals surface area (Å²) in [6.45, 7) is 6.56. The summed E-state index contributed by atoms with van der Waals surface area (Å²) in [6.07, 6.45) is 5.28. The maximum absolute atomic E-state index is 12.8.